The molecule has 20 heavy (non-hydrogen) atoms. The van der Waals surface area contributed by atoms with Crippen molar-refractivity contribution in [1.29, 1.82) is 0 Å². The number of nitrogens with zero attached hydrogens (tertiary/aromatic N) is 1. The van der Waals surface area contributed by atoms with Gasteiger partial charge in [0.05, 0.1) is 5.52 Å². The number of benzene rings is 1. The Kier molecular flexibility index (Phi) is 4.16. The van der Waals surface area contributed by atoms with E-state index in [0.717, 1.165) is 17.9 Å². The van der Waals surface area contributed by atoms with Crippen LogP contribution in [0.1, 0.15) is 32.1 Å². The Balaban J connectivity index is 1.72. The number of hydrogen-bond acceptors (Lipinski definition) is 3. The summed E-state index contributed by atoms with van der Waals surface area (Å²) >= 11 is 2.03. The molecule has 1 aromatic heterocycles. The molecule has 1 saturated carbocycles. The summed E-state index contributed by atoms with van der Waals surface area (Å²) in [7, 11) is 0. The topological polar surface area (TPSA) is 24.9 Å². The minimum atomic E-state index is 0.408. The summed E-state index contributed by atoms with van der Waals surface area (Å²) in [5, 5.41) is 4.77. The zero-order valence-electron chi connectivity index (χ0n) is 12.1. The lowest BCUT2D eigenvalue weighted by molar-refractivity contribution is 0.411. The summed E-state index contributed by atoms with van der Waals surface area (Å²) in [6.07, 6.45) is 9.04. The van der Waals surface area contributed by atoms with E-state index >= 15 is 0 Å². The summed E-state index contributed by atoms with van der Waals surface area (Å²) < 4.78 is 0.408. The molecule has 1 aliphatic carbocycles. The summed E-state index contributed by atoms with van der Waals surface area (Å²) in [5.41, 5.74) is 1.07. The van der Waals surface area contributed by atoms with Gasteiger partial charge in [0.25, 0.3) is 0 Å². The second kappa shape index (κ2) is 6.04. The van der Waals surface area contributed by atoms with Gasteiger partial charge in [-0.15, -0.1) is 0 Å². The highest BCUT2D eigenvalue weighted by molar-refractivity contribution is 8.00. The molecule has 106 valence electrons. The smallest absolute Gasteiger partial charge is 0.126 e. The Morgan fingerprint density at radius 3 is 2.70 bits per heavy atom. The summed E-state index contributed by atoms with van der Waals surface area (Å²) in [4.78, 5) is 4.70. The van der Waals surface area contributed by atoms with E-state index in [4.69, 9.17) is 4.98 Å². The highest BCUT2D eigenvalue weighted by Crippen LogP contribution is 2.38. The lowest BCUT2D eigenvalue weighted by Gasteiger charge is -2.36. The molecule has 0 atom stereocenters. The van der Waals surface area contributed by atoms with Crippen molar-refractivity contribution in [1.82, 2.24) is 4.98 Å². The van der Waals surface area contributed by atoms with E-state index in [-0.39, 0.29) is 0 Å². The minimum absolute atomic E-state index is 0.408. The van der Waals surface area contributed by atoms with Gasteiger partial charge >= 0.3 is 0 Å². The van der Waals surface area contributed by atoms with E-state index in [1.807, 2.05) is 17.8 Å². The van der Waals surface area contributed by atoms with E-state index in [0.29, 0.717) is 4.75 Å². The summed E-state index contributed by atoms with van der Waals surface area (Å²) in [6, 6.07) is 12.5. The predicted molar refractivity (Wildman–Crippen MR) is 89.6 cm³/mol. The number of para-hydroxylation sites is 1. The number of rotatable bonds is 4. The number of nitrogens with one attached hydrogen (secondary N) is 1. The molecular weight excluding hydrogens is 264 g/mol. The van der Waals surface area contributed by atoms with Crippen molar-refractivity contribution in [3.05, 3.63) is 36.4 Å². The Morgan fingerprint density at radius 2 is 1.90 bits per heavy atom. The van der Waals surface area contributed by atoms with E-state index in [9.17, 15) is 0 Å². The molecule has 3 rings (SSSR count). The monoisotopic (exact) mass is 286 g/mol. The molecular formula is C17H22N2S. The first kappa shape index (κ1) is 13.7. The first-order valence-corrected chi connectivity index (χ1v) is 8.69. The molecule has 2 aromatic rings. The maximum absolute atomic E-state index is 4.70. The van der Waals surface area contributed by atoms with Crippen molar-refractivity contribution in [2.45, 2.75) is 36.9 Å². The third kappa shape index (κ3) is 2.93. The van der Waals surface area contributed by atoms with Gasteiger partial charge in [0, 0.05) is 16.7 Å². The first-order chi connectivity index (χ1) is 9.81. The number of thioether (sulfide) groups is 1. The van der Waals surface area contributed by atoms with Gasteiger partial charge in [-0.1, -0.05) is 37.5 Å². The average molecular weight is 286 g/mol. The number of aromatic nitrogens is 1. The van der Waals surface area contributed by atoms with Crippen molar-refractivity contribution in [3.63, 3.8) is 0 Å². The number of anilines is 1. The van der Waals surface area contributed by atoms with Gasteiger partial charge in [-0.25, -0.2) is 4.98 Å². The third-order valence-corrected chi connectivity index (χ3v) is 5.81. The molecule has 0 amide bonds. The predicted octanol–water partition coefficient (Wildman–Crippen LogP) is 4.71. The zero-order chi connectivity index (χ0) is 13.8. The quantitative estimate of drug-likeness (QED) is 0.881. The van der Waals surface area contributed by atoms with Gasteiger partial charge in [-0.05, 0) is 37.3 Å². The maximum Gasteiger partial charge on any atom is 0.126 e. The van der Waals surface area contributed by atoms with Crippen molar-refractivity contribution in [2.24, 2.45) is 0 Å². The third-order valence-electron chi connectivity index (χ3n) is 4.39. The molecule has 0 radical (unpaired) electrons. The highest BCUT2D eigenvalue weighted by atomic mass is 32.2. The second-order valence-corrected chi connectivity index (χ2v) is 6.96. The number of fused-ring (bicyclic) bond motifs is 1. The molecule has 3 heteroatoms. The van der Waals surface area contributed by atoms with Crippen LogP contribution in [0.2, 0.25) is 0 Å². The lowest BCUT2D eigenvalue weighted by atomic mass is 9.88. The SMILES string of the molecule is CSC1(CNc2ccc3ccccc3n2)CCCCC1. The van der Waals surface area contributed by atoms with E-state index < -0.39 is 0 Å². The van der Waals surface area contributed by atoms with Crippen LogP contribution in [0.3, 0.4) is 0 Å². The maximum atomic E-state index is 4.70. The molecule has 1 aromatic carbocycles. The molecule has 0 bridgehead atoms. The largest absolute Gasteiger partial charge is 0.369 e. The van der Waals surface area contributed by atoms with Gasteiger partial charge in [0.1, 0.15) is 5.82 Å². The van der Waals surface area contributed by atoms with Crippen LogP contribution >= 0.6 is 11.8 Å². The normalized spacial score (nSPS) is 18.1. The second-order valence-electron chi connectivity index (χ2n) is 5.69. The molecule has 0 unspecified atom stereocenters. The molecule has 0 saturated heterocycles. The first-order valence-electron chi connectivity index (χ1n) is 7.46. The van der Waals surface area contributed by atoms with Crippen LogP contribution in [0.4, 0.5) is 5.82 Å². The van der Waals surface area contributed by atoms with Crippen molar-refractivity contribution in [2.75, 3.05) is 18.1 Å². The van der Waals surface area contributed by atoms with Crippen LogP contribution in [0, 0.1) is 0 Å². The van der Waals surface area contributed by atoms with Gasteiger partial charge in [0.2, 0.25) is 0 Å². The van der Waals surface area contributed by atoms with Crippen LogP contribution in [0.15, 0.2) is 36.4 Å². The molecule has 2 nitrogen and oxygen atoms in total. The molecule has 1 N–H and O–H groups in total. The minimum Gasteiger partial charge on any atom is -0.369 e. The molecule has 0 spiro atoms. The van der Waals surface area contributed by atoms with Crippen LogP contribution in [-0.2, 0) is 0 Å². The summed E-state index contributed by atoms with van der Waals surface area (Å²) in [6.45, 7) is 1.03. The zero-order valence-corrected chi connectivity index (χ0v) is 12.9. The number of hydrogen-bond donors (Lipinski definition) is 1. The fourth-order valence-electron chi connectivity index (χ4n) is 3.07. The lowest BCUT2D eigenvalue weighted by Crippen LogP contribution is -2.35. The van der Waals surface area contributed by atoms with E-state index in [1.165, 1.54) is 37.5 Å². The fraction of sp³-hybridized carbons (Fsp3) is 0.471. The van der Waals surface area contributed by atoms with Crippen LogP contribution < -0.4 is 5.32 Å². The fourth-order valence-corrected chi connectivity index (χ4v) is 3.98. The van der Waals surface area contributed by atoms with Crippen LogP contribution in [-0.4, -0.2) is 22.5 Å². The Morgan fingerprint density at radius 1 is 1.10 bits per heavy atom. The van der Waals surface area contributed by atoms with Crippen molar-refractivity contribution < 1.29 is 0 Å². The molecule has 1 fully saturated rings. The van der Waals surface area contributed by atoms with Gasteiger partial charge < -0.3 is 5.32 Å². The van der Waals surface area contributed by atoms with Crippen LogP contribution in [0.25, 0.3) is 10.9 Å². The average Bonchev–Trinajstić information content (AvgIpc) is 2.54. The Labute approximate surface area is 125 Å². The molecule has 0 aliphatic heterocycles. The van der Waals surface area contributed by atoms with E-state index in [2.05, 4.69) is 41.9 Å². The van der Waals surface area contributed by atoms with Gasteiger partial charge in [-0.2, -0.15) is 11.8 Å². The van der Waals surface area contributed by atoms with E-state index in [1.54, 1.807) is 0 Å². The van der Waals surface area contributed by atoms with Crippen LogP contribution in [0.5, 0.6) is 0 Å². The van der Waals surface area contributed by atoms with Gasteiger partial charge in [0.15, 0.2) is 0 Å². The Bertz CT molecular complexity index is 576. The van der Waals surface area contributed by atoms with Crippen molar-refractivity contribution in [3.8, 4) is 0 Å². The molecule has 1 aliphatic rings. The van der Waals surface area contributed by atoms with Gasteiger partial charge in [-0.3, -0.25) is 0 Å². The standard InChI is InChI=1S/C17H22N2S/c1-20-17(11-5-2-6-12-17)13-18-16-10-9-14-7-3-4-8-15(14)19-16/h3-4,7-10H,2,5-6,11-13H2,1H3,(H,18,19). The summed E-state index contributed by atoms with van der Waals surface area (Å²) in [5.74, 6) is 1.00. The molecule has 1 heterocycles. The Hall–Kier alpha value is -1.22. The highest BCUT2D eigenvalue weighted by Gasteiger charge is 2.30. The number of pyridine rings is 1. The van der Waals surface area contributed by atoms with Crippen molar-refractivity contribution >= 4 is 28.5 Å².